The van der Waals surface area contributed by atoms with Crippen LogP contribution in [0.15, 0.2) is 36.4 Å². The molecule has 0 saturated carbocycles. The van der Waals surface area contributed by atoms with Crippen LogP contribution < -0.4 is 0 Å². The molecule has 0 heterocycles. The highest BCUT2D eigenvalue weighted by Crippen LogP contribution is 2.55. The number of nitrogens with zero attached hydrogens (tertiary/aromatic N) is 2. The van der Waals surface area contributed by atoms with Gasteiger partial charge in [-0.25, -0.2) is 0 Å². The first kappa shape index (κ1) is 26.8. The van der Waals surface area contributed by atoms with Gasteiger partial charge in [0.15, 0.2) is 0 Å². The summed E-state index contributed by atoms with van der Waals surface area (Å²) in [5.74, 6) is 0. The van der Waals surface area contributed by atoms with E-state index in [0.29, 0.717) is 0 Å². The number of benzene rings is 2. The van der Waals surface area contributed by atoms with E-state index in [-0.39, 0.29) is 21.2 Å². The van der Waals surface area contributed by atoms with Gasteiger partial charge >= 0.3 is 0 Å². The lowest BCUT2D eigenvalue weighted by atomic mass is 9.70. The van der Waals surface area contributed by atoms with Crippen molar-refractivity contribution in [2.45, 2.75) is 109 Å². The van der Waals surface area contributed by atoms with Crippen molar-refractivity contribution in [3.63, 3.8) is 0 Å². The molecule has 6 nitrogen and oxygen atoms in total. The first-order valence-corrected chi connectivity index (χ1v) is 13.5. The first-order valence-electron chi connectivity index (χ1n) is 13.5. The van der Waals surface area contributed by atoms with E-state index in [0.717, 1.165) is 60.8 Å². The van der Waals surface area contributed by atoms with Crippen LogP contribution in [-0.4, -0.2) is 9.85 Å². The molecule has 35 heavy (non-hydrogen) atoms. The van der Waals surface area contributed by atoms with Crippen LogP contribution in [0.4, 0.5) is 11.4 Å². The molecule has 1 aliphatic rings. The van der Waals surface area contributed by atoms with Crippen LogP contribution in [0.2, 0.25) is 0 Å². The van der Waals surface area contributed by atoms with Crippen molar-refractivity contribution in [2.75, 3.05) is 0 Å². The fourth-order valence-electron chi connectivity index (χ4n) is 5.78. The topological polar surface area (TPSA) is 86.3 Å². The number of nitro groups is 2. The zero-order valence-corrected chi connectivity index (χ0v) is 21.4. The van der Waals surface area contributed by atoms with Crippen LogP contribution in [0, 0.1) is 20.2 Å². The van der Waals surface area contributed by atoms with Crippen LogP contribution >= 0.6 is 0 Å². The summed E-state index contributed by atoms with van der Waals surface area (Å²) >= 11 is 0. The highest BCUT2D eigenvalue weighted by molar-refractivity contribution is 5.83. The summed E-state index contributed by atoms with van der Waals surface area (Å²) < 4.78 is 0. The number of nitro benzene ring substituents is 2. The van der Waals surface area contributed by atoms with Crippen molar-refractivity contribution in [1.82, 2.24) is 0 Å². The van der Waals surface area contributed by atoms with Crippen molar-refractivity contribution < 1.29 is 9.85 Å². The Kier molecular flexibility index (Phi) is 9.82. The van der Waals surface area contributed by atoms with E-state index in [1.54, 1.807) is 24.3 Å². The van der Waals surface area contributed by atoms with Crippen LogP contribution in [0.3, 0.4) is 0 Å². The van der Waals surface area contributed by atoms with Crippen molar-refractivity contribution in [3.8, 4) is 11.1 Å². The second-order valence-corrected chi connectivity index (χ2v) is 10.1. The molecule has 0 spiro atoms. The Morgan fingerprint density at radius 1 is 0.600 bits per heavy atom. The third-order valence-electron chi connectivity index (χ3n) is 7.66. The maximum atomic E-state index is 11.7. The lowest BCUT2D eigenvalue weighted by Crippen LogP contribution is -2.26. The summed E-state index contributed by atoms with van der Waals surface area (Å²) in [4.78, 5) is 22.7. The molecule has 2 aromatic rings. The Morgan fingerprint density at radius 2 is 0.971 bits per heavy atom. The summed E-state index contributed by atoms with van der Waals surface area (Å²) in [7, 11) is 0. The minimum absolute atomic E-state index is 0.0984. The third kappa shape index (κ3) is 6.28. The summed E-state index contributed by atoms with van der Waals surface area (Å²) in [6.45, 7) is 4.42. The van der Waals surface area contributed by atoms with E-state index in [2.05, 4.69) is 13.8 Å². The number of hydrogen-bond donors (Lipinski definition) is 0. The van der Waals surface area contributed by atoms with Gasteiger partial charge in [-0.2, -0.15) is 0 Å². The predicted octanol–water partition coefficient (Wildman–Crippen LogP) is 9.27. The second kappa shape index (κ2) is 12.8. The fraction of sp³-hybridized carbons (Fsp3) is 0.586. The molecule has 3 rings (SSSR count). The molecular weight excluding hydrogens is 440 g/mol. The summed E-state index contributed by atoms with van der Waals surface area (Å²) in [5, 5.41) is 23.3. The minimum atomic E-state index is -0.405. The average molecular weight is 481 g/mol. The zero-order chi connectivity index (χ0) is 25.3. The number of fused-ring (bicyclic) bond motifs is 3. The Balaban J connectivity index is 1.99. The molecule has 0 fully saturated rings. The number of hydrogen-bond acceptors (Lipinski definition) is 4. The lowest BCUT2D eigenvalue weighted by Gasteiger charge is -2.32. The number of rotatable bonds is 16. The molecule has 0 aromatic heterocycles. The SMILES string of the molecule is CCCCCCCCC1(CCCCCCCC)c2cc([N+](=O)[O-])ccc2-c2ccc([N+](=O)[O-])cc21. The van der Waals surface area contributed by atoms with Crippen molar-refractivity contribution in [1.29, 1.82) is 0 Å². The third-order valence-corrected chi connectivity index (χ3v) is 7.66. The maximum Gasteiger partial charge on any atom is 0.269 e. The van der Waals surface area contributed by atoms with Gasteiger partial charge in [0.05, 0.1) is 9.85 Å². The summed E-state index contributed by atoms with van der Waals surface area (Å²) in [6.07, 6.45) is 15.7. The van der Waals surface area contributed by atoms with E-state index >= 15 is 0 Å². The number of non-ortho nitro benzene ring substituents is 2. The lowest BCUT2D eigenvalue weighted by molar-refractivity contribution is -0.385. The summed E-state index contributed by atoms with van der Waals surface area (Å²) in [5.41, 5.74) is 3.77. The molecule has 0 bridgehead atoms. The molecule has 6 heteroatoms. The van der Waals surface area contributed by atoms with Gasteiger partial charge in [0.1, 0.15) is 0 Å². The van der Waals surface area contributed by atoms with Gasteiger partial charge in [-0.1, -0.05) is 90.9 Å². The molecule has 0 atom stereocenters. The molecule has 190 valence electrons. The molecule has 0 radical (unpaired) electrons. The quantitative estimate of drug-likeness (QED) is 0.136. The molecule has 2 aromatic carbocycles. The van der Waals surface area contributed by atoms with Gasteiger partial charge in [-0.05, 0) is 47.2 Å². The molecular formula is C29H40N2O4. The smallest absolute Gasteiger partial charge is 0.258 e. The van der Waals surface area contributed by atoms with Crippen molar-refractivity contribution in [3.05, 3.63) is 67.8 Å². The largest absolute Gasteiger partial charge is 0.269 e. The minimum Gasteiger partial charge on any atom is -0.258 e. The van der Waals surface area contributed by atoms with E-state index < -0.39 is 5.41 Å². The molecule has 1 aliphatic carbocycles. The van der Waals surface area contributed by atoms with Crippen LogP contribution in [-0.2, 0) is 5.41 Å². The van der Waals surface area contributed by atoms with Gasteiger partial charge in [0.25, 0.3) is 11.4 Å². The van der Waals surface area contributed by atoms with E-state index in [4.69, 9.17) is 0 Å². The number of unbranched alkanes of at least 4 members (excludes halogenated alkanes) is 10. The standard InChI is InChI=1S/C29H40N2O4/c1-3-5-7-9-11-13-19-29(20-14-12-10-8-6-4-2)27-21-23(30(32)33)15-17-25(27)26-18-16-24(31(34)35)22-28(26)29/h15-18,21-22H,3-14,19-20H2,1-2H3. The van der Waals surface area contributed by atoms with Crippen LogP contribution in [0.1, 0.15) is 115 Å². The monoisotopic (exact) mass is 480 g/mol. The van der Waals surface area contributed by atoms with Crippen molar-refractivity contribution >= 4 is 11.4 Å². The fourth-order valence-corrected chi connectivity index (χ4v) is 5.78. The Labute approximate surface area is 209 Å². The van der Waals surface area contributed by atoms with Gasteiger partial charge in [-0.3, -0.25) is 20.2 Å². The van der Waals surface area contributed by atoms with E-state index in [1.807, 2.05) is 12.1 Å². The highest BCUT2D eigenvalue weighted by atomic mass is 16.6. The molecule has 0 N–H and O–H groups in total. The Hall–Kier alpha value is -2.76. The van der Waals surface area contributed by atoms with Gasteiger partial charge in [-0.15, -0.1) is 0 Å². The zero-order valence-electron chi connectivity index (χ0n) is 21.4. The summed E-state index contributed by atoms with van der Waals surface area (Å²) in [6, 6.07) is 10.3. The van der Waals surface area contributed by atoms with Gasteiger partial charge < -0.3 is 0 Å². The van der Waals surface area contributed by atoms with Gasteiger partial charge in [0, 0.05) is 29.7 Å². The van der Waals surface area contributed by atoms with Crippen molar-refractivity contribution in [2.24, 2.45) is 0 Å². The average Bonchev–Trinajstić information content (AvgIpc) is 3.12. The normalized spacial score (nSPS) is 13.4. The molecule has 0 saturated heterocycles. The molecule has 0 unspecified atom stereocenters. The van der Waals surface area contributed by atoms with E-state index in [1.165, 1.54) is 51.4 Å². The predicted molar refractivity (Wildman–Crippen MR) is 142 cm³/mol. The first-order chi connectivity index (χ1) is 16.9. The van der Waals surface area contributed by atoms with E-state index in [9.17, 15) is 20.2 Å². The highest BCUT2D eigenvalue weighted by Gasteiger charge is 2.44. The second-order valence-electron chi connectivity index (χ2n) is 10.1. The Bertz CT molecular complexity index is 936. The Morgan fingerprint density at radius 3 is 1.34 bits per heavy atom. The van der Waals surface area contributed by atoms with Crippen LogP contribution in [0.25, 0.3) is 11.1 Å². The molecule has 0 amide bonds. The van der Waals surface area contributed by atoms with Gasteiger partial charge in [0.2, 0.25) is 0 Å². The van der Waals surface area contributed by atoms with Crippen LogP contribution in [0.5, 0.6) is 0 Å². The molecule has 0 aliphatic heterocycles. The maximum absolute atomic E-state index is 11.7.